The highest BCUT2D eigenvalue weighted by molar-refractivity contribution is 5.74. The van der Waals surface area contributed by atoms with E-state index in [0.717, 1.165) is 48.4 Å². The molecule has 0 amide bonds. The second-order valence-corrected chi connectivity index (χ2v) is 5.15. The van der Waals surface area contributed by atoms with Crippen LogP contribution >= 0.6 is 0 Å². The fourth-order valence-corrected chi connectivity index (χ4v) is 2.31. The zero-order valence-corrected chi connectivity index (χ0v) is 12.6. The number of hydrogen-bond donors (Lipinski definition) is 3. The molecule has 2 heterocycles. The molecule has 0 aliphatic rings. The molecule has 2 aromatic heterocycles. The fraction of sp³-hybridized carbons (Fsp3) is 0.312. The molecule has 0 aliphatic carbocycles. The van der Waals surface area contributed by atoms with Gasteiger partial charge in [-0.15, -0.1) is 0 Å². The third-order valence-electron chi connectivity index (χ3n) is 3.46. The predicted octanol–water partition coefficient (Wildman–Crippen LogP) is 2.12. The van der Waals surface area contributed by atoms with Crippen LogP contribution in [0.25, 0.3) is 11.0 Å². The van der Waals surface area contributed by atoms with Gasteiger partial charge in [0.25, 0.3) is 0 Å². The minimum Gasteiger partial charge on any atom is -0.357 e. The van der Waals surface area contributed by atoms with Crippen LogP contribution in [-0.4, -0.2) is 33.5 Å². The standard InChI is InChI=1S/C16H20N6/c1-17-16-19-10-12(11-20-16)9-18-8-4-7-15-21-13-5-2-3-6-14(13)22-15/h2-3,5-6,10-11,18H,4,7-9H2,1H3,(H,21,22)(H,17,19,20). The summed E-state index contributed by atoms with van der Waals surface area (Å²) in [6.07, 6.45) is 5.66. The Bertz CT molecular complexity index is 686. The number of imidazole rings is 1. The topological polar surface area (TPSA) is 78.5 Å². The molecule has 114 valence electrons. The zero-order valence-electron chi connectivity index (χ0n) is 12.6. The highest BCUT2D eigenvalue weighted by atomic mass is 15.1. The number of nitrogens with one attached hydrogen (secondary N) is 3. The zero-order chi connectivity index (χ0) is 15.2. The maximum Gasteiger partial charge on any atom is 0.222 e. The van der Waals surface area contributed by atoms with Gasteiger partial charge in [0.15, 0.2) is 0 Å². The van der Waals surface area contributed by atoms with Gasteiger partial charge in [-0.2, -0.15) is 0 Å². The molecule has 3 rings (SSSR count). The van der Waals surface area contributed by atoms with Crippen LogP contribution in [0.2, 0.25) is 0 Å². The maximum atomic E-state index is 4.58. The Hall–Kier alpha value is -2.47. The van der Waals surface area contributed by atoms with Crippen LogP contribution in [0.15, 0.2) is 36.7 Å². The van der Waals surface area contributed by atoms with Crippen molar-refractivity contribution in [3.8, 4) is 0 Å². The van der Waals surface area contributed by atoms with Crippen LogP contribution in [0, 0.1) is 0 Å². The number of anilines is 1. The summed E-state index contributed by atoms with van der Waals surface area (Å²) in [5.74, 6) is 1.69. The van der Waals surface area contributed by atoms with Gasteiger partial charge in [0, 0.05) is 38.0 Å². The smallest absolute Gasteiger partial charge is 0.222 e. The molecule has 0 spiro atoms. The van der Waals surface area contributed by atoms with Gasteiger partial charge >= 0.3 is 0 Å². The van der Waals surface area contributed by atoms with Gasteiger partial charge in [0.05, 0.1) is 11.0 Å². The number of H-pyrrole nitrogens is 1. The van der Waals surface area contributed by atoms with E-state index in [2.05, 4.69) is 36.6 Å². The molecule has 0 bridgehead atoms. The number of nitrogens with zero attached hydrogens (tertiary/aromatic N) is 3. The molecule has 3 N–H and O–H groups in total. The molecule has 3 aromatic rings. The van der Waals surface area contributed by atoms with Gasteiger partial charge in [-0.25, -0.2) is 15.0 Å². The molecule has 1 aromatic carbocycles. The van der Waals surface area contributed by atoms with Crippen molar-refractivity contribution >= 4 is 17.0 Å². The number of para-hydroxylation sites is 2. The molecule has 6 heteroatoms. The average molecular weight is 296 g/mol. The van der Waals surface area contributed by atoms with E-state index >= 15 is 0 Å². The lowest BCUT2D eigenvalue weighted by molar-refractivity contribution is 0.639. The first kappa shape index (κ1) is 14.5. The van der Waals surface area contributed by atoms with Crippen LogP contribution < -0.4 is 10.6 Å². The number of benzene rings is 1. The van der Waals surface area contributed by atoms with E-state index < -0.39 is 0 Å². The lowest BCUT2D eigenvalue weighted by atomic mass is 10.3. The summed E-state index contributed by atoms with van der Waals surface area (Å²) in [7, 11) is 1.81. The van der Waals surface area contributed by atoms with Crippen molar-refractivity contribution < 1.29 is 0 Å². The minimum absolute atomic E-state index is 0.647. The maximum absolute atomic E-state index is 4.58. The molecule has 0 aliphatic heterocycles. The van der Waals surface area contributed by atoms with Gasteiger partial charge in [-0.1, -0.05) is 12.1 Å². The predicted molar refractivity (Wildman–Crippen MR) is 87.7 cm³/mol. The highest BCUT2D eigenvalue weighted by Crippen LogP contribution is 2.11. The van der Waals surface area contributed by atoms with Crippen LogP contribution in [-0.2, 0) is 13.0 Å². The SMILES string of the molecule is CNc1ncc(CNCCCc2nc3ccccc3[nH]2)cn1. The van der Waals surface area contributed by atoms with Crippen molar-refractivity contribution in [1.82, 2.24) is 25.3 Å². The summed E-state index contributed by atoms with van der Waals surface area (Å²) in [6.45, 7) is 1.72. The third kappa shape index (κ3) is 3.59. The van der Waals surface area contributed by atoms with Gasteiger partial charge < -0.3 is 15.6 Å². The van der Waals surface area contributed by atoms with Gasteiger partial charge in [-0.05, 0) is 25.1 Å². The van der Waals surface area contributed by atoms with Crippen molar-refractivity contribution in [2.24, 2.45) is 0 Å². The summed E-state index contributed by atoms with van der Waals surface area (Å²) in [5.41, 5.74) is 3.22. The summed E-state index contributed by atoms with van der Waals surface area (Å²) in [4.78, 5) is 16.3. The Kier molecular flexibility index (Phi) is 4.60. The Morgan fingerprint density at radius 1 is 1.14 bits per heavy atom. The largest absolute Gasteiger partial charge is 0.357 e. The highest BCUT2D eigenvalue weighted by Gasteiger charge is 2.01. The van der Waals surface area contributed by atoms with E-state index in [4.69, 9.17) is 0 Å². The Balaban J connectivity index is 1.41. The lowest BCUT2D eigenvalue weighted by Crippen LogP contribution is -2.16. The molecular weight excluding hydrogens is 276 g/mol. The van der Waals surface area contributed by atoms with Crippen molar-refractivity contribution in [2.75, 3.05) is 18.9 Å². The minimum atomic E-state index is 0.647. The molecule has 6 nitrogen and oxygen atoms in total. The third-order valence-corrected chi connectivity index (χ3v) is 3.46. The molecule has 0 radical (unpaired) electrons. The molecule has 0 fully saturated rings. The first-order chi connectivity index (χ1) is 10.8. The second-order valence-electron chi connectivity index (χ2n) is 5.15. The van der Waals surface area contributed by atoms with E-state index in [0.29, 0.717) is 5.95 Å². The van der Waals surface area contributed by atoms with E-state index in [-0.39, 0.29) is 0 Å². The van der Waals surface area contributed by atoms with E-state index in [1.165, 1.54) is 0 Å². The second kappa shape index (κ2) is 7.00. The molecular formula is C16H20N6. The lowest BCUT2D eigenvalue weighted by Gasteiger charge is -2.04. The molecule has 0 atom stereocenters. The van der Waals surface area contributed by atoms with Gasteiger partial charge in [0.2, 0.25) is 5.95 Å². The molecule has 0 unspecified atom stereocenters. The fourth-order valence-electron chi connectivity index (χ4n) is 2.31. The van der Waals surface area contributed by atoms with Crippen LogP contribution in [0.4, 0.5) is 5.95 Å². The number of hydrogen-bond acceptors (Lipinski definition) is 5. The normalized spacial score (nSPS) is 11.0. The van der Waals surface area contributed by atoms with Crippen molar-refractivity contribution in [1.29, 1.82) is 0 Å². The molecule has 0 saturated heterocycles. The first-order valence-corrected chi connectivity index (χ1v) is 7.48. The number of rotatable bonds is 7. The first-order valence-electron chi connectivity index (χ1n) is 7.48. The number of aromatic nitrogens is 4. The monoisotopic (exact) mass is 296 g/mol. The van der Waals surface area contributed by atoms with Crippen molar-refractivity contribution in [3.05, 3.63) is 48.0 Å². The van der Waals surface area contributed by atoms with Gasteiger partial charge in [0.1, 0.15) is 5.82 Å². The Labute approximate surface area is 129 Å². The number of aryl methyl sites for hydroxylation is 1. The number of aromatic amines is 1. The summed E-state index contributed by atoms with van der Waals surface area (Å²) in [6, 6.07) is 8.12. The Morgan fingerprint density at radius 2 is 1.95 bits per heavy atom. The van der Waals surface area contributed by atoms with E-state index in [9.17, 15) is 0 Å². The molecule has 0 saturated carbocycles. The van der Waals surface area contributed by atoms with Crippen molar-refractivity contribution in [2.45, 2.75) is 19.4 Å². The summed E-state index contributed by atoms with van der Waals surface area (Å²) >= 11 is 0. The van der Waals surface area contributed by atoms with Crippen LogP contribution in [0.1, 0.15) is 17.8 Å². The Morgan fingerprint density at radius 3 is 2.73 bits per heavy atom. The summed E-state index contributed by atoms with van der Waals surface area (Å²) < 4.78 is 0. The van der Waals surface area contributed by atoms with Crippen LogP contribution in [0.3, 0.4) is 0 Å². The van der Waals surface area contributed by atoms with Crippen LogP contribution in [0.5, 0.6) is 0 Å². The molecule has 22 heavy (non-hydrogen) atoms. The number of fused-ring (bicyclic) bond motifs is 1. The quantitative estimate of drug-likeness (QED) is 0.582. The van der Waals surface area contributed by atoms with E-state index in [1.54, 1.807) is 0 Å². The van der Waals surface area contributed by atoms with Crippen molar-refractivity contribution in [3.63, 3.8) is 0 Å². The summed E-state index contributed by atoms with van der Waals surface area (Å²) in [5, 5.41) is 6.31. The van der Waals surface area contributed by atoms with Gasteiger partial charge in [-0.3, -0.25) is 0 Å². The average Bonchev–Trinajstić information content (AvgIpc) is 2.98. The van der Waals surface area contributed by atoms with E-state index in [1.807, 2.05) is 37.6 Å².